The van der Waals surface area contributed by atoms with Crippen molar-refractivity contribution in [1.82, 2.24) is 10.2 Å². The van der Waals surface area contributed by atoms with Crippen molar-refractivity contribution in [2.75, 3.05) is 32.8 Å². The molecule has 1 aliphatic rings. The molecule has 1 N–H and O–H groups in total. The summed E-state index contributed by atoms with van der Waals surface area (Å²) in [5.74, 6) is 0.151. The molecule has 1 aromatic heterocycles. The van der Waals surface area contributed by atoms with Gasteiger partial charge in [0.15, 0.2) is 5.76 Å². The average Bonchev–Trinajstić information content (AvgIpc) is 3.03. The lowest BCUT2D eigenvalue weighted by Gasteiger charge is -2.35. The number of halogens is 1. The molecule has 5 nitrogen and oxygen atoms in total. The summed E-state index contributed by atoms with van der Waals surface area (Å²) in [4.78, 5) is 14.6. The first-order chi connectivity index (χ1) is 11.7. The van der Waals surface area contributed by atoms with Crippen LogP contribution in [0.2, 0.25) is 5.02 Å². The quantitative estimate of drug-likeness (QED) is 0.902. The van der Waals surface area contributed by atoms with Crippen LogP contribution in [0.5, 0.6) is 0 Å². The molecule has 2 aromatic rings. The highest BCUT2D eigenvalue weighted by Crippen LogP contribution is 2.27. The first kappa shape index (κ1) is 17.0. The van der Waals surface area contributed by atoms with Gasteiger partial charge in [-0.15, -0.1) is 0 Å². The Morgan fingerprint density at radius 3 is 2.71 bits per heavy atom. The summed E-state index contributed by atoms with van der Waals surface area (Å²) in [5, 5.41) is 3.68. The topological polar surface area (TPSA) is 54.7 Å². The van der Waals surface area contributed by atoms with Crippen molar-refractivity contribution in [1.29, 1.82) is 0 Å². The van der Waals surface area contributed by atoms with E-state index in [9.17, 15) is 4.79 Å². The molecule has 0 aliphatic carbocycles. The zero-order chi connectivity index (χ0) is 16.9. The van der Waals surface area contributed by atoms with Crippen molar-refractivity contribution >= 4 is 17.5 Å². The Labute approximate surface area is 146 Å². The van der Waals surface area contributed by atoms with Crippen LogP contribution in [0.1, 0.15) is 27.7 Å². The first-order valence-electron chi connectivity index (χ1n) is 8.05. The Bertz CT molecular complexity index is 695. The maximum absolute atomic E-state index is 12.3. The molecule has 3 rings (SSSR count). The van der Waals surface area contributed by atoms with Gasteiger partial charge < -0.3 is 14.5 Å². The summed E-state index contributed by atoms with van der Waals surface area (Å²) < 4.78 is 10.7. The van der Waals surface area contributed by atoms with Gasteiger partial charge in [-0.1, -0.05) is 29.8 Å². The van der Waals surface area contributed by atoms with Gasteiger partial charge in [0.1, 0.15) is 0 Å². The second-order valence-electron chi connectivity index (χ2n) is 5.83. The first-order valence-corrected chi connectivity index (χ1v) is 8.43. The summed E-state index contributed by atoms with van der Waals surface area (Å²) in [6.45, 7) is 5.31. The Morgan fingerprint density at radius 2 is 2.04 bits per heavy atom. The minimum atomic E-state index is -0.206. The van der Waals surface area contributed by atoms with Gasteiger partial charge in [0.2, 0.25) is 0 Å². The van der Waals surface area contributed by atoms with Gasteiger partial charge >= 0.3 is 0 Å². The van der Waals surface area contributed by atoms with Crippen molar-refractivity contribution in [2.24, 2.45) is 0 Å². The van der Waals surface area contributed by atoms with Crippen LogP contribution in [0.4, 0.5) is 0 Å². The fraction of sp³-hybridized carbons (Fsp3) is 0.389. The molecule has 0 bridgehead atoms. The molecule has 1 aliphatic heterocycles. The van der Waals surface area contributed by atoms with Gasteiger partial charge in [0.05, 0.1) is 25.5 Å². The highest BCUT2D eigenvalue weighted by Gasteiger charge is 2.25. The van der Waals surface area contributed by atoms with Crippen LogP contribution in [0, 0.1) is 6.92 Å². The van der Waals surface area contributed by atoms with Gasteiger partial charge in [-0.05, 0) is 24.6 Å². The molecule has 0 radical (unpaired) electrons. The Balaban J connectivity index is 1.76. The molecule has 0 spiro atoms. The average molecular weight is 349 g/mol. The SMILES string of the molecule is Cc1ccoc1C(=O)NC[C@@H](c1ccccc1Cl)N1CCOCC1. The van der Waals surface area contributed by atoms with E-state index in [1.165, 1.54) is 6.26 Å². The van der Waals surface area contributed by atoms with E-state index >= 15 is 0 Å². The van der Waals surface area contributed by atoms with E-state index in [-0.39, 0.29) is 11.9 Å². The number of morpholine rings is 1. The molecule has 6 heteroatoms. The molecule has 1 atom stereocenters. The number of nitrogens with one attached hydrogen (secondary N) is 1. The van der Waals surface area contributed by atoms with Crippen LogP contribution in [-0.4, -0.2) is 43.7 Å². The predicted molar refractivity (Wildman–Crippen MR) is 92.4 cm³/mol. The second kappa shape index (κ2) is 7.83. The van der Waals surface area contributed by atoms with Gasteiger partial charge in [-0.25, -0.2) is 0 Å². The van der Waals surface area contributed by atoms with E-state index in [0.29, 0.717) is 30.5 Å². The normalized spacial score (nSPS) is 16.8. The second-order valence-corrected chi connectivity index (χ2v) is 6.24. The molecular weight excluding hydrogens is 328 g/mol. The van der Waals surface area contributed by atoms with E-state index in [0.717, 1.165) is 24.2 Å². The molecule has 1 amide bonds. The summed E-state index contributed by atoms with van der Waals surface area (Å²) in [6, 6.07) is 9.54. The molecule has 0 unspecified atom stereocenters. The minimum absolute atomic E-state index is 0.00168. The lowest BCUT2D eigenvalue weighted by Crippen LogP contribution is -2.44. The van der Waals surface area contributed by atoms with Crippen molar-refractivity contribution < 1.29 is 13.9 Å². The summed E-state index contributed by atoms with van der Waals surface area (Å²) in [5.41, 5.74) is 1.84. The fourth-order valence-electron chi connectivity index (χ4n) is 2.95. The zero-order valence-corrected chi connectivity index (χ0v) is 14.4. The van der Waals surface area contributed by atoms with Crippen LogP contribution in [0.3, 0.4) is 0 Å². The van der Waals surface area contributed by atoms with E-state index < -0.39 is 0 Å². The van der Waals surface area contributed by atoms with Crippen LogP contribution < -0.4 is 5.32 Å². The van der Waals surface area contributed by atoms with E-state index in [2.05, 4.69) is 10.2 Å². The van der Waals surface area contributed by atoms with Crippen molar-refractivity contribution in [3.05, 3.63) is 58.5 Å². The third kappa shape index (κ3) is 3.80. The Hall–Kier alpha value is -1.82. The molecule has 2 heterocycles. The third-order valence-corrected chi connectivity index (χ3v) is 4.62. The molecule has 1 aromatic carbocycles. The Morgan fingerprint density at radius 1 is 1.29 bits per heavy atom. The predicted octanol–water partition coefficient (Wildman–Crippen LogP) is 3.04. The van der Waals surface area contributed by atoms with Crippen LogP contribution in [0.25, 0.3) is 0 Å². The highest BCUT2D eigenvalue weighted by atomic mass is 35.5. The van der Waals surface area contributed by atoms with Crippen LogP contribution in [0.15, 0.2) is 41.0 Å². The van der Waals surface area contributed by atoms with Gasteiger partial charge in [-0.2, -0.15) is 0 Å². The number of benzene rings is 1. The van der Waals surface area contributed by atoms with Crippen molar-refractivity contribution in [2.45, 2.75) is 13.0 Å². The number of ether oxygens (including phenoxy) is 1. The van der Waals surface area contributed by atoms with Crippen molar-refractivity contribution in [3.8, 4) is 0 Å². The lowest BCUT2D eigenvalue weighted by molar-refractivity contribution is 0.0162. The molecule has 128 valence electrons. The minimum Gasteiger partial charge on any atom is -0.459 e. The molecule has 1 fully saturated rings. The Kier molecular flexibility index (Phi) is 5.56. The number of rotatable bonds is 5. The summed E-state index contributed by atoms with van der Waals surface area (Å²) in [7, 11) is 0. The summed E-state index contributed by atoms with van der Waals surface area (Å²) >= 11 is 6.39. The summed E-state index contributed by atoms with van der Waals surface area (Å²) in [6.07, 6.45) is 1.53. The van der Waals surface area contributed by atoms with Gasteiger partial charge in [0.25, 0.3) is 5.91 Å². The molecule has 24 heavy (non-hydrogen) atoms. The maximum atomic E-state index is 12.3. The zero-order valence-electron chi connectivity index (χ0n) is 13.6. The number of aryl methyl sites for hydroxylation is 1. The third-order valence-electron chi connectivity index (χ3n) is 4.27. The monoisotopic (exact) mass is 348 g/mol. The van der Waals surface area contributed by atoms with Crippen LogP contribution in [-0.2, 0) is 4.74 Å². The molecule has 0 saturated carbocycles. The van der Waals surface area contributed by atoms with Crippen molar-refractivity contribution in [3.63, 3.8) is 0 Å². The number of hydrogen-bond donors (Lipinski definition) is 1. The molecule has 1 saturated heterocycles. The number of amides is 1. The van der Waals surface area contributed by atoms with E-state index in [1.54, 1.807) is 6.07 Å². The van der Waals surface area contributed by atoms with Crippen LogP contribution >= 0.6 is 11.6 Å². The van der Waals surface area contributed by atoms with Gasteiger partial charge in [-0.3, -0.25) is 9.69 Å². The van der Waals surface area contributed by atoms with Gasteiger partial charge in [0, 0.05) is 30.2 Å². The maximum Gasteiger partial charge on any atom is 0.287 e. The number of nitrogens with zero attached hydrogens (tertiary/aromatic N) is 1. The van der Waals surface area contributed by atoms with E-state index in [4.69, 9.17) is 20.8 Å². The number of furan rings is 1. The largest absolute Gasteiger partial charge is 0.459 e. The number of hydrogen-bond acceptors (Lipinski definition) is 4. The fourth-order valence-corrected chi connectivity index (χ4v) is 3.21. The number of carbonyl (C=O) groups excluding carboxylic acids is 1. The standard InChI is InChI=1S/C18H21ClN2O3/c1-13-6-9-24-17(13)18(22)20-12-16(21-7-10-23-11-8-21)14-4-2-3-5-15(14)19/h2-6,9,16H,7-8,10-12H2,1H3,(H,20,22)/t16-/m0/s1. The smallest absolute Gasteiger partial charge is 0.287 e. The lowest BCUT2D eigenvalue weighted by atomic mass is 10.0. The number of carbonyl (C=O) groups is 1. The molecular formula is C18H21ClN2O3. The van der Waals surface area contributed by atoms with E-state index in [1.807, 2.05) is 31.2 Å². The highest BCUT2D eigenvalue weighted by molar-refractivity contribution is 6.31.